The number of halogens is 2. The molecule has 0 saturated heterocycles. The Morgan fingerprint density at radius 2 is 2.21 bits per heavy atom. The van der Waals surface area contributed by atoms with E-state index in [4.69, 9.17) is 17.0 Å². The van der Waals surface area contributed by atoms with Crippen LogP contribution >= 0.6 is 28.1 Å². The average Bonchev–Trinajstić information content (AvgIpc) is 2.09. The van der Waals surface area contributed by atoms with Gasteiger partial charge in [0.25, 0.3) is 0 Å². The second kappa shape index (κ2) is 4.70. The SMILES string of the molecule is COc1cc(NC(C)=S)c(F)cc1Br. The van der Waals surface area contributed by atoms with Crippen LogP contribution in [-0.4, -0.2) is 12.1 Å². The number of benzene rings is 1. The Hall–Kier alpha value is -0.680. The summed E-state index contributed by atoms with van der Waals surface area (Å²) in [6, 6.07) is 2.88. The van der Waals surface area contributed by atoms with Crippen molar-refractivity contribution in [3.8, 4) is 5.75 Å². The zero-order valence-corrected chi connectivity index (χ0v) is 10.1. The van der Waals surface area contributed by atoms with Gasteiger partial charge in [-0.25, -0.2) is 4.39 Å². The van der Waals surface area contributed by atoms with Gasteiger partial charge in [-0.2, -0.15) is 0 Å². The molecule has 0 fully saturated rings. The van der Waals surface area contributed by atoms with E-state index in [2.05, 4.69) is 21.2 Å². The highest BCUT2D eigenvalue weighted by Crippen LogP contribution is 2.30. The molecule has 0 aliphatic carbocycles. The molecule has 0 bridgehead atoms. The van der Waals surface area contributed by atoms with E-state index in [1.807, 2.05) is 0 Å². The Labute approximate surface area is 95.6 Å². The van der Waals surface area contributed by atoms with Crippen molar-refractivity contribution >= 4 is 38.8 Å². The molecule has 1 aromatic carbocycles. The second-order valence-corrected chi connectivity index (χ2v) is 4.11. The van der Waals surface area contributed by atoms with Crippen LogP contribution in [0.15, 0.2) is 16.6 Å². The first-order valence-corrected chi connectivity index (χ1v) is 5.05. The lowest BCUT2D eigenvalue weighted by Gasteiger charge is -2.09. The molecule has 0 aliphatic rings. The number of methoxy groups -OCH3 is 1. The first-order chi connectivity index (χ1) is 6.54. The average molecular weight is 278 g/mol. The number of thiocarbonyl (C=S) groups is 1. The van der Waals surface area contributed by atoms with Gasteiger partial charge in [0.1, 0.15) is 11.6 Å². The summed E-state index contributed by atoms with van der Waals surface area (Å²) in [4.78, 5) is 0.508. The van der Waals surface area contributed by atoms with Crippen molar-refractivity contribution in [3.63, 3.8) is 0 Å². The summed E-state index contributed by atoms with van der Waals surface area (Å²) in [6.07, 6.45) is 0. The van der Waals surface area contributed by atoms with E-state index in [1.165, 1.54) is 13.2 Å². The van der Waals surface area contributed by atoms with Gasteiger partial charge in [-0.05, 0) is 28.9 Å². The molecule has 1 N–H and O–H groups in total. The molecule has 0 spiro atoms. The first-order valence-electron chi connectivity index (χ1n) is 3.85. The number of nitrogens with one attached hydrogen (secondary N) is 1. The van der Waals surface area contributed by atoms with Crippen LogP contribution in [0.5, 0.6) is 5.75 Å². The Bertz CT molecular complexity index is 370. The lowest BCUT2D eigenvalue weighted by Crippen LogP contribution is -2.05. The third-order valence-electron chi connectivity index (χ3n) is 1.55. The molecule has 2 nitrogen and oxygen atoms in total. The van der Waals surface area contributed by atoms with Crippen molar-refractivity contribution in [2.24, 2.45) is 0 Å². The third-order valence-corrected chi connectivity index (χ3v) is 2.27. The van der Waals surface area contributed by atoms with E-state index in [-0.39, 0.29) is 5.82 Å². The first kappa shape index (κ1) is 11.4. The molecule has 0 aliphatic heterocycles. The van der Waals surface area contributed by atoms with Crippen molar-refractivity contribution in [2.45, 2.75) is 6.92 Å². The Balaban J connectivity index is 3.10. The minimum Gasteiger partial charge on any atom is -0.495 e. The monoisotopic (exact) mass is 277 g/mol. The van der Waals surface area contributed by atoms with Gasteiger partial charge in [-0.1, -0.05) is 12.2 Å². The minimum atomic E-state index is -0.373. The molecule has 14 heavy (non-hydrogen) atoms. The molecule has 1 rings (SSSR count). The highest BCUT2D eigenvalue weighted by atomic mass is 79.9. The maximum atomic E-state index is 13.3. The minimum absolute atomic E-state index is 0.317. The van der Waals surface area contributed by atoms with E-state index in [1.54, 1.807) is 13.0 Å². The number of hydrogen-bond donors (Lipinski definition) is 1. The summed E-state index contributed by atoms with van der Waals surface area (Å²) in [7, 11) is 1.52. The third kappa shape index (κ3) is 2.65. The van der Waals surface area contributed by atoms with Gasteiger partial charge in [-0.3, -0.25) is 0 Å². The molecule has 0 atom stereocenters. The van der Waals surface area contributed by atoms with E-state index in [9.17, 15) is 4.39 Å². The molecular formula is C9H9BrFNOS. The Morgan fingerprint density at radius 3 is 2.71 bits per heavy atom. The topological polar surface area (TPSA) is 21.3 Å². The molecule has 0 saturated carbocycles. The number of anilines is 1. The van der Waals surface area contributed by atoms with E-state index in [0.29, 0.717) is 20.9 Å². The van der Waals surface area contributed by atoms with Gasteiger partial charge >= 0.3 is 0 Å². The zero-order chi connectivity index (χ0) is 10.7. The normalized spacial score (nSPS) is 9.71. The van der Waals surface area contributed by atoms with Gasteiger partial charge in [0, 0.05) is 6.07 Å². The summed E-state index contributed by atoms with van der Waals surface area (Å²) < 4.78 is 18.9. The lowest BCUT2D eigenvalue weighted by atomic mass is 10.3. The van der Waals surface area contributed by atoms with Crippen LogP contribution in [0.1, 0.15) is 6.92 Å². The second-order valence-electron chi connectivity index (χ2n) is 2.65. The highest BCUT2D eigenvalue weighted by Gasteiger charge is 2.08. The van der Waals surface area contributed by atoms with E-state index < -0.39 is 0 Å². The van der Waals surface area contributed by atoms with E-state index >= 15 is 0 Å². The molecule has 0 aromatic heterocycles. The van der Waals surface area contributed by atoms with Gasteiger partial charge in [0.15, 0.2) is 0 Å². The Kier molecular flexibility index (Phi) is 3.83. The fourth-order valence-corrected chi connectivity index (χ4v) is 1.56. The summed E-state index contributed by atoms with van der Waals surface area (Å²) in [5, 5.41) is 2.73. The molecule has 0 heterocycles. The molecule has 1 aromatic rings. The van der Waals surface area contributed by atoms with Crippen LogP contribution in [-0.2, 0) is 0 Å². The van der Waals surface area contributed by atoms with Crippen molar-refractivity contribution < 1.29 is 9.13 Å². The largest absolute Gasteiger partial charge is 0.495 e. The van der Waals surface area contributed by atoms with Gasteiger partial charge < -0.3 is 10.1 Å². The van der Waals surface area contributed by atoms with Crippen LogP contribution in [0, 0.1) is 5.82 Å². The summed E-state index contributed by atoms with van der Waals surface area (Å²) in [5.74, 6) is 0.187. The smallest absolute Gasteiger partial charge is 0.148 e. The van der Waals surface area contributed by atoms with Crippen LogP contribution in [0.3, 0.4) is 0 Å². The van der Waals surface area contributed by atoms with Crippen LogP contribution < -0.4 is 10.1 Å². The fourth-order valence-electron chi connectivity index (χ4n) is 0.971. The molecule has 0 unspecified atom stereocenters. The Morgan fingerprint density at radius 1 is 1.57 bits per heavy atom. The quantitative estimate of drug-likeness (QED) is 0.838. The maximum absolute atomic E-state index is 13.3. The van der Waals surface area contributed by atoms with Gasteiger partial charge in [0.05, 0.1) is 22.3 Å². The predicted octanol–water partition coefficient (Wildman–Crippen LogP) is 3.36. The molecule has 0 radical (unpaired) electrons. The van der Waals surface area contributed by atoms with E-state index in [0.717, 1.165) is 0 Å². The maximum Gasteiger partial charge on any atom is 0.148 e. The standard InChI is InChI=1S/C9H9BrFNOS/c1-5(14)12-8-4-9(13-2)6(10)3-7(8)11/h3-4H,1-2H3,(H,12,14). The lowest BCUT2D eigenvalue weighted by molar-refractivity contribution is 0.411. The molecule has 5 heteroatoms. The zero-order valence-electron chi connectivity index (χ0n) is 7.73. The number of hydrogen-bond acceptors (Lipinski definition) is 2. The molecule has 76 valence electrons. The predicted molar refractivity (Wildman–Crippen MR) is 62.5 cm³/mol. The van der Waals surface area contributed by atoms with Crippen molar-refractivity contribution in [2.75, 3.05) is 12.4 Å². The highest BCUT2D eigenvalue weighted by molar-refractivity contribution is 9.10. The van der Waals surface area contributed by atoms with Crippen molar-refractivity contribution in [1.82, 2.24) is 0 Å². The summed E-state index contributed by atoms with van der Waals surface area (Å²) >= 11 is 8.00. The van der Waals surface area contributed by atoms with Crippen molar-refractivity contribution in [1.29, 1.82) is 0 Å². The molecular weight excluding hydrogens is 269 g/mol. The van der Waals surface area contributed by atoms with Crippen LogP contribution in [0.4, 0.5) is 10.1 Å². The number of rotatable bonds is 2. The number of ether oxygens (including phenoxy) is 1. The van der Waals surface area contributed by atoms with Gasteiger partial charge in [-0.15, -0.1) is 0 Å². The molecule has 0 amide bonds. The van der Waals surface area contributed by atoms with Crippen molar-refractivity contribution in [3.05, 3.63) is 22.4 Å². The van der Waals surface area contributed by atoms with Crippen LogP contribution in [0.25, 0.3) is 0 Å². The van der Waals surface area contributed by atoms with Gasteiger partial charge in [0.2, 0.25) is 0 Å². The summed E-state index contributed by atoms with van der Waals surface area (Å²) in [5.41, 5.74) is 0.317. The summed E-state index contributed by atoms with van der Waals surface area (Å²) in [6.45, 7) is 1.68. The van der Waals surface area contributed by atoms with Crippen LogP contribution in [0.2, 0.25) is 0 Å². The fraction of sp³-hybridized carbons (Fsp3) is 0.222.